The molecule has 0 aromatic heterocycles. The van der Waals surface area contributed by atoms with Crippen LogP contribution in [0.15, 0.2) is 24.3 Å². The molecule has 2 atom stereocenters. The zero-order valence-corrected chi connectivity index (χ0v) is 11.4. The Morgan fingerprint density at radius 1 is 1.56 bits per heavy atom. The fraction of sp³-hybridized carbons (Fsp3) is 0.500. The number of aliphatic hydroxyl groups is 1. The lowest BCUT2D eigenvalue weighted by molar-refractivity contribution is -0.128. The maximum Gasteiger partial charge on any atom is 0.224 e. The maximum absolute atomic E-state index is 11.9. The topological polar surface area (TPSA) is 49.3 Å². The number of halogens is 1. The van der Waals surface area contributed by atoms with Crippen LogP contribution in [-0.2, 0) is 11.2 Å². The van der Waals surface area contributed by atoms with E-state index < -0.39 is 0 Å². The zero-order chi connectivity index (χ0) is 13.3. The second-order valence-electron chi connectivity index (χ2n) is 5.50. The second-order valence-corrected chi connectivity index (χ2v) is 5.94. The SMILES string of the molecule is CC1(C)C(O)CC1NC(=O)Cc1cccc(Cl)c1. The summed E-state index contributed by atoms with van der Waals surface area (Å²) < 4.78 is 0. The minimum atomic E-state index is -0.325. The molecule has 1 saturated carbocycles. The van der Waals surface area contributed by atoms with Crippen molar-refractivity contribution in [2.24, 2.45) is 5.41 Å². The highest BCUT2D eigenvalue weighted by Gasteiger charge is 2.47. The summed E-state index contributed by atoms with van der Waals surface area (Å²) in [5.74, 6) is -0.0257. The van der Waals surface area contributed by atoms with E-state index in [1.54, 1.807) is 12.1 Å². The first-order valence-electron chi connectivity index (χ1n) is 6.11. The highest BCUT2D eigenvalue weighted by molar-refractivity contribution is 6.30. The van der Waals surface area contributed by atoms with Crippen molar-refractivity contribution in [2.45, 2.75) is 38.8 Å². The summed E-state index contributed by atoms with van der Waals surface area (Å²) in [7, 11) is 0. The molecule has 98 valence electrons. The van der Waals surface area contributed by atoms with Crippen LogP contribution in [0.25, 0.3) is 0 Å². The molecule has 2 N–H and O–H groups in total. The highest BCUT2D eigenvalue weighted by Crippen LogP contribution is 2.40. The third kappa shape index (κ3) is 2.68. The number of benzene rings is 1. The van der Waals surface area contributed by atoms with Gasteiger partial charge in [-0.1, -0.05) is 37.6 Å². The first kappa shape index (κ1) is 13.4. The van der Waals surface area contributed by atoms with Crippen molar-refractivity contribution in [3.05, 3.63) is 34.9 Å². The molecule has 0 aliphatic heterocycles. The van der Waals surface area contributed by atoms with E-state index in [9.17, 15) is 9.90 Å². The molecule has 0 radical (unpaired) electrons. The third-order valence-electron chi connectivity index (χ3n) is 3.80. The lowest BCUT2D eigenvalue weighted by atomic mass is 9.64. The van der Waals surface area contributed by atoms with E-state index in [4.69, 9.17) is 11.6 Å². The van der Waals surface area contributed by atoms with E-state index in [2.05, 4.69) is 5.32 Å². The van der Waals surface area contributed by atoms with Gasteiger partial charge < -0.3 is 10.4 Å². The Balaban J connectivity index is 1.90. The van der Waals surface area contributed by atoms with Gasteiger partial charge >= 0.3 is 0 Å². The fourth-order valence-corrected chi connectivity index (χ4v) is 2.44. The predicted molar refractivity (Wildman–Crippen MR) is 71.5 cm³/mol. The first-order valence-corrected chi connectivity index (χ1v) is 6.49. The van der Waals surface area contributed by atoms with Crippen LogP contribution >= 0.6 is 11.6 Å². The largest absolute Gasteiger partial charge is 0.392 e. The Kier molecular flexibility index (Phi) is 3.64. The van der Waals surface area contributed by atoms with Crippen molar-refractivity contribution < 1.29 is 9.90 Å². The summed E-state index contributed by atoms with van der Waals surface area (Å²) in [6.45, 7) is 3.93. The van der Waals surface area contributed by atoms with Crippen molar-refractivity contribution in [3.8, 4) is 0 Å². The predicted octanol–water partition coefficient (Wildman–Crippen LogP) is 2.16. The van der Waals surface area contributed by atoms with E-state index in [1.807, 2.05) is 26.0 Å². The van der Waals surface area contributed by atoms with E-state index in [0.29, 0.717) is 17.9 Å². The van der Waals surface area contributed by atoms with Crippen molar-refractivity contribution >= 4 is 17.5 Å². The van der Waals surface area contributed by atoms with Crippen molar-refractivity contribution in [1.82, 2.24) is 5.32 Å². The van der Waals surface area contributed by atoms with Crippen LogP contribution in [0.5, 0.6) is 0 Å². The Morgan fingerprint density at radius 2 is 2.28 bits per heavy atom. The molecule has 1 aromatic rings. The van der Waals surface area contributed by atoms with E-state index in [0.717, 1.165) is 5.56 Å². The number of hydrogen-bond donors (Lipinski definition) is 2. The maximum atomic E-state index is 11.9. The van der Waals surface area contributed by atoms with E-state index >= 15 is 0 Å². The molecule has 1 fully saturated rings. The fourth-order valence-electron chi connectivity index (χ4n) is 2.23. The Hall–Kier alpha value is -1.06. The summed E-state index contributed by atoms with van der Waals surface area (Å²) >= 11 is 5.87. The van der Waals surface area contributed by atoms with Gasteiger partial charge in [-0.3, -0.25) is 4.79 Å². The highest BCUT2D eigenvalue weighted by atomic mass is 35.5. The van der Waals surface area contributed by atoms with Gasteiger partial charge in [0.1, 0.15) is 0 Å². The molecule has 2 unspecified atom stereocenters. The summed E-state index contributed by atoms with van der Waals surface area (Å²) in [6, 6.07) is 7.35. The molecule has 1 aliphatic carbocycles. The number of carbonyl (C=O) groups excluding carboxylic acids is 1. The minimum absolute atomic E-state index is 0.0257. The zero-order valence-electron chi connectivity index (χ0n) is 10.6. The van der Waals surface area contributed by atoms with Crippen molar-refractivity contribution in [2.75, 3.05) is 0 Å². The van der Waals surface area contributed by atoms with Crippen LogP contribution in [0.2, 0.25) is 5.02 Å². The Morgan fingerprint density at radius 3 is 2.83 bits per heavy atom. The number of aliphatic hydroxyl groups excluding tert-OH is 1. The van der Waals surface area contributed by atoms with Gasteiger partial charge in [0, 0.05) is 16.5 Å². The quantitative estimate of drug-likeness (QED) is 0.882. The van der Waals surface area contributed by atoms with Gasteiger partial charge in [-0.25, -0.2) is 0 Å². The van der Waals surface area contributed by atoms with Gasteiger partial charge in [0.2, 0.25) is 5.91 Å². The van der Waals surface area contributed by atoms with Gasteiger partial charge in [0.15, 0.2) is 0 Å². The molecule has 1 aliphatic rings. The van der Waals surface area contributed by atoms with Gasteiger partial charge in [-0.15, -0.1) is 0 Å². The summed E-state index contributed by atoms with van der Waals surface area (Å²) in [6.07, 6.45) is 0.631. The van der Waals surface area contributed by atoms with E-state index in [-0.39, 0.29) is 23.5 Å². The number of amides is 1. The summed E-state index contributed by atoms with van der Waals surface area (Å²) in [5.41, 5.74) is 0.668. The third-order valence-corrected chi connectivity index (χ3v) is 4.04. The van der Waals surface area contributed by atoms with Crippen LogP contribution in [0.4, 0.5) is 0 Å². The van der Waals surface area contributed by atoms with Gasteiger partial charge in [0.05, 0.1) is 12.5 Å². The number of carbonyl (C=O) groups is 1. The van der Waals surface area contributed by atoms with Crippen LogP contribution in [-0.4, -0.2) is 23.2 Å². The van der Waals surface area contributed by atoms with Crippen LogP contribution in [0, 0.1) is 5.41 Å². The lowest BCUT2D eigenvalue weighted by Crippen LogP contribution is -2.61. The van der Waals surface area contributed by atoms with E-state index in [1.165, 1.54) is 0 Å². The first-order chi connectivity index (χ1) is 8.39. The minimum Gasteiger partial charge on any atom is -0.392 e. The van der Waals surface area contributed by atoms with Crippen molar-refractivity contribution in [3.63, 3.8) is 0 Å². The lowest BCUT2D eigenvalue weighted by Gasteiger charge is -2.49. The molecule has 1 aromatic carbocycles. The van der Waals surface area contributed by atoms with Crippen LogP contribution in [0.3, 0.4) is 0 Å². The number of rotatable bonds is 3. The molecule has 18 heavy (non-hydrogen) atoms. The molecular formula is C14H18ClNO2. The molecule has 3 nitrogen and oxygen atoms in total. The molecule has 2 rings (SSSR count). The van der Waals surface area contributed by atoms with Gasteiger partial charge in [-0.2, -0.15) is 0 Å². The molecular weight excluding hydrogens is 250 g/mol. The molecule has 0 heterocycles. The van der Waals surface area contributed by atoms with Crippen LogP contribution in [0.1, 0.15) is 25.8 Å². The Bertz CT molecular complexity index is 459. The van der Waals surface area contributed by atoms with Crippen LogP contribution < -0.4 is 5.32 Å². The monoisotopic (exact) mass is 267 g/mol. The normalized spacial score (nSPS) is 25.3. The standard InChI is InChI=1S/C14H18ClNO2/c1-14(2)11(8-12(14)17)16-13(18)7-9-4-3-5-10(15)6-9/h3-6,11-12,17H,7-8H2,1-2H3,(H,16,18). The van der Waals surface area contributed by atoms with Gasteiger partial charge in [-0.05, 0) is 24.1 Å². The molecule has 1 amide bonds. The number of nitrogens with one attached hydrogen (secondary N) is 1. The molecule has 0 spiro atoms. The molecule has 0 bridgehead atoms. The average Bonchev–Trinajstić information content (AvgIpc) is 2.28. The molecule has 4 heteroatoms. The second kappa shape index (κ2) is 4.90. The summed E-state index contributed by atoms with van der Waals surface area (Å²) in [4.78, 5) is 11.9. The average molecular weight is 268 g/mol. The van der Waals surface area contributed by atoms with Crippen molar-refractivity contribution in [1.29, 1.82) is 0 Å². The number of hydrogen-bond acceptors (Lipinski definition) is 2. The Labute approximate surface area is 112 Å². The smallest absolute Gasteiger partial charge is 0.224 e. The summed E-state index contributed by atoms with van der Waals surface area (Å²) in [5, 5.41) is 13.2. The molecule has 0 saturated heterocycles. The van der Waals surface area contributed by atoms with Gasteiger partial charge in [0.25, 0.3) is 0 Å².